The molecule has 0 aromatic heterocycles. The summed E-state index contributed by atoms with van der Waals surface area (Å²) in [4.78, 5) is 48.9. The van der Waals surface area contributed by atoms with Crippen molar-refractivity contribution < 1.29 is 28.7 Å². The highest BCUT2D eigenvalue weighted by molar-refractivity contribution is 9.10. The van der Waals surface area contributed by atoms with Gasteiger partial charge >= 0.3 is 12.0 Å². The molecule has 1 heterocycles. The summed E-state index contributed by atoms with van der Waals surface area (Å²) in [6, 6.07) is 9.87. The van der Waals surface area contributed by atoms with Crippen LogP contribution in [0.2, 0.25) is 0 Å². The lowest BCUT2D eigenvalue weighted by Gasteiger charge is -2.30. The zero-order valence-electron chi connectivity index (χ0n) is 17.7. The molecule has 3 rings (SSSR count). The predicted molar refractivity (Wildman–Crippen MR) is 122 cm³/mol. The number of esters is 1. The Balaban J connectivity index is 2.03. The van der Waals surface area contributed by atoms with Crippen LogP contribution in [0.5, 0.6) is 5.75 Å². The van der Waals surface area contributed by atoms with E-state index in [1.165, 1.54) is 13.2 Å². The molecule has 11 heteroatoms. The van der Waals surface area contributed by atoms with E-state index in [1.54, 1.807) is 43.3 Å². The number of para-hydroxylation sites is 1. The number of nitrogens with one attached hydrogen (secondary N) is 3. The Bertz CT molecular complexity index is 1160. The molecule has 0 saturated carbocycles. The van der Waals surface area contributed by atoms with Gasteiger partial charge in [0, 0.05) is 15.7 Å². The van der Waals surface area contributed by atoms with Gasteiger partial charge in [-0.05, 0) is 37.3 Å². The molecule has 0 bridgehead atoms. The van der Waals surface area contributed by atoms with E-state index in [2.05, 4.69) is 31.9 Å². The van der Waals surface area contributed by atoms with Gasteiger partial charge in [0.25, 0.3) is 11.8 Å². The van der Waals surface area contributed by atoms with Crippen LogP contribution in [-0.2, 0) is 14.3 Å². The van der Waals surface area contributed by atoms with Crippen LogP contribution in [0.1, 0.15) is 28.9 Å². The van der Waals surface area contributed by atoms with Gasteiger partial charge in [-0.25, -0.2) is 9.59 Å². The highest BCUT2D eigenvalue weighted by Gasteiger charge is 2.33. The summed E-state index contributed by atoms with van der Waals surface area (Å²) in [5, 5.41) is 7.99. The van der Waals surface area contributed by atoms with Gasteiger partial charge in [0.05, 0.1) is 30.0 Å². The molecular weight excluding hydrogens is 496 g/mol. The number of hydrogen-bond donors (Lipinski definition) is 4. The second-order valence-electron chi connectivity index (χ2n) is 7.00. The van der Waals surface area contributed by atoms with Crippen molar-refractivity contribution in [2.45, 2.75) is 13.0 Å². The molecule has 5 N–H and O–H groups in total. The van der Waals surface area contributed by atoms with Crippen molar-refractivity contribution in [3.05, 3.63) is 69.3 Å². The van der Waals surface area contributed by atoms with Gasteiger partial charge in [0.15, 0.2) is 6.61 Å². The Kier molecular flexibility index (Phi) is 7.34. The maximum absolute atomic E-state index is 13.4. The molecule has 0 radical (unpaired) electrons. The number of rotatable bonds is 7. The lowest BCUT2D eigenvalue weighted by molar-refractivity contribution is -0.120. The van der Waals surface area contributed by atoms with Crippen molar-refractivity contribution in [3.63, 3.8) is 0 Å². The van der Waals surface area contributed by atoms with Crippen molar-refractivity contribution in [2.75, 3.05) is 19.0 Å². The Morgan fingerprint density at radius 3 is 2.61 bits per heavy atom. The lowest BCUT2D eigenvalue weighted by Crippen LogP contribution is -2.46. The van der Waals surface area contributed by atoms with Crippen molar-refractivity contribution in [2.24, 2.45) is 5.73 Å². The molecule has 0 spiro atoms. The Labute approximate surface area is 197 Å². The minimum absolute atomic E-state index is 0.170. The van der Waals surface area contributed by atoms with E-state index in [0.717, 1.165) is 0 Å². The number of halogens is 1. The Morgan fingerprint density at radius 1 is 1.18 bits per heavy atom. The third kappa shape index (κ3) is 5.50. The first kappa shape index (κ1) is 23.8. The van der Waals surface area contributed by atoms with Crippen molar-refractivity contribution >= 4 is 45.4 Å². The third-order valence-corrected chi connectivity index (χ3v) is 5.24. The fourth-order valence-corrected chi connectivity index (χ4v) is 3.70. The molecule has 0 saturated heterocycles. The molecule has 172 valence electrons. The van der Waals surface area contributed by atoms with Gasteiger partial charge in [0.2, 0.25) is 0 Å². The first-order chi connectivity index (χ1) is 15.7. The fraction of sp³-hybridized carbons (Fsp3) is 0.182. The van der Waals surface area contributed by atoms with Crippen LogP contribution in [0.4, 0.5) is 10.5 Å². The zero-order valence-corrected chi connectivity index (χ0v) is 19.3. The highest BCUT2D eigenvalue weighted by atomic mass is 79.9. The van der Waals surface area contributed by atoms with Crippen molar-refractivity contribution in [1.29, 1.82) is 0 Å². The van der Waals surface area contributed by atoms with Gasteiger partial charge in [-0.15, -0.1) is 0 Å². The van der Waals surface area contributed by atoms with Gasteiger partial charge in [0.1, 0.15) is 5.75 Å². The number of carbonyl (C=O) groups excluding carboxylic acids is 4. The van der Waals surface area contributed by atoms with Gasteiger partial charge in [-0.3, -0.25) is 9.59 Å². The number of benzene rings is 2. The van der Waals surface area contributed by atoms with E-state index in [0.29, 0.717) is 15.7 Å². The van der Waals surface area contributed by atoms with Crippen molar-refractivity contribution in [1.82, 2.24) is 10.6 Å². The molecule has 0 aliphatic carbocycles. The molecule has 0 unspecified atom stereocenters. The van der Waals surface area contributed by atoms with Crippen LogP contribution in [0.15, 0.2) is 58.2 Å². The quantitative estimate of drug-likeness (QED) is 0.415. The summed E-state index contributed by atoms with van der Waals surface area (Å²) in [5.74, 6) is -1.60. The number of allylic oxidation sites excluding steroid dienone is 1. The van der Waals surface area contributed by atoms with Crippen LogP contribution in [-0.4, -0.2) is 37.5 Å². The van der Waals surface area contributed by atoms with Crippen LogP contribution in [0.25, 0.3) is 0 Å². The van der Waals surface area contributed by atoms with Gasteiger partial charge in [-0.2, -0.15) is 0 Å². The van der Waals surface area contributed by atoms with Crippen LogP contribution >= 0.6 is 15.9 Å². The van der Waals surface area contributed by atoms with Gasteiger partial charge in [-0.1, -0.05) is 28.1 Å². The predicted octanol–water partition coefficient (Wildman–Crippen LogP) is 2.37. The normalized spacial score (nSPS) is 15.2. The molecule has 33 heavy (non-hydrogen) atoms. The molecule has 0 fully saturated rings. The fourth-order valence-electron chi connectivity index (χ4n) is 3.32. The lowest BCUT2D eigenvalue weighted by atomic mass is 9.94. The Hall–Kier alpha value is -3.86. The maximum Gasteiger partial charge on any atom is 0.339 e. The number of ether oxygens (including phenoxy) is 2. The van der Waals surface area contributed by atoms with E-state index in [1.807, 2.05) is 0 Å². The monoisotopic (exact) mass is 516 g/mol. The first-order valence-electron chi connectivity index (χ1n) is 9.68. The average molecular weight is 517 g/mol. The topological polar surface area (TPSA) is 149 Å². The number of anilines is 1. The molecule has 2 aromatic carbocycles. The van der Waals surface area contributed by atoms with E-state index < -0.39 is 29.9 Å². The number of amides is 4. The summed E-state index contributed by atoms with van der Waals surface area (Å²) < 4.78 is 10.9. The number of primary amides is 1. The number of hydrogen-bond acceptors (Lipinski definition) is 6. The summed E-state index contributed by atoms with van der Waals surface area (Å²) in [6.45, 7) is 1.19. The molecule has 4 amide bonds. The summed E-state index contributed by atoms with van der Waals surface area (Å²) in [5.41, 5.74) is 6.50. The van der Waals surface area contributed by atoms with Gasteiger partial charge < -0.3 is 31.2 Å². The summed E-state index contributed by atoms with van der Waals surface area (Å²) >= 11 is 3.37. The van der Waals surface area contributed by atoms with Crippen LogP contribution in [0, 0.1) is 0 Å². The molecule has 2 aromatic rings. The largest absolute Gasteiger partial charge is 0.483 e. The van der Waals surface area contributed by atoms with E-state index in [9.17, 15) is 19.2 Å². The number of methoxy groups -OCH3 is 1. The molecule has 1 atom stereocenters. The minimum Gasteiger partial charge on any atom is -0.483 e. The first-order valence-corrected chi connectivity index (χ1v) is 10.5. The molecule has 1 aliphatic heterocycles. The standard InChI is InChI=1S/C22H21BrN4O6/c1-11-18(20(29)26-15-6-4-3-5-13(15)21(30)32-2)19(27-22(31)25-11)14-9-12(23)7-8-16(14)33-10-17(24)28/h3-9,19H,10H2,1-2H3,(H2,24,28)(H,26,29)(H2,25,27,31)/t19-/m1/s1. The summed E-state index contributed by atoms with van der Waals surface area (Å²) in [7, 11) is 1.24. The maximum atomic E-state index is 13.4. The van der Waals surface area contributed by atoms with Crippen LogP contribution in [0.3, 0.4) is 0 Å². The molecule has 1 aliphatic rings. The molecular formula is C22H21BrN4O6. The second-order valence-corrected chi connectivity index (χ2v) is 7.91. The number of carbonyl (C=O) groups is 4. The Morgan fingerprint density at radius 2 is 1.91 bits per heavy atom. The van der Waals surface area contributed by atoms with Crippen molar-refractivity contribution in [3.8, 4) is 5.75 Å². The second kappa shape index (κ2) is 10.2. The zero-order chi connectivity index (χ0) is 24.1. The smallest absolute Gasteiger partial charge is 0.339 e. The number of nitrogens with two attached hydrogens (primary N) is 1. The minimum atomic E-state index is -0.926. The number of urea groups is 1. The SMILES string of the molecule is COC(=O)c1ccccc1NC(=O)C1=C(C)NC(=O)N[C@@H]1c1cc(Br)ccc1OCC(N)=O. The van der Waals surface area contributed by atoms with E-state index in [4.69, 9.17) is 15.2 Å². The van der Waals surface area contributed by atoms with E-state index in [-0.39, 0.29) is 29.2 Å². The molecule has 10 nitrogen and oxygen atoms in total. The highest BCUT2D eigenvalue weighted by Crippen LogP contribution is 2.35. The summed E-state index contributed by atoms with van der Waals surface area (Å²) in [6.07, 6.45) is 0. The van der Waals surface area contributed by atoms with Crippen LogP contribution < -0.4 is 26.4 Å². The average Bonchev–Trinajstić information content (AvgIpc) is 2.77. The van der Waals surface area contributed by atoms with E-state index >= 15 is 0 Å². The third-order valence-electron chi connectivity index (χ3n) is 4.75.